The van der Waals surface area contributed by atoms with E-state index in [0.717, 1.165) is 38.4 Å². The standard InChI is InChI=1S/C14H26N2O2/c1-11(2)16(9-12-3-4-12)14(17)10-18-13-5-7-15-8-6-13/h11-13,15H,3-10H2,1-2H3. The van der Waals surface area contributed by atoms with Gasteiger partial charge in [0.25, 0.3) is 0 Å². The number of piperidine rings is 1. The summed E-state index contributed by atoms with van der Waals surface area (Å²) in [5, 5.41) is 3.30. The maximum atomic E-state index is 12.2. The number of carbonyl (C=O) groups is 1. The summed E-state index contributed by atoms with van der Waals surface area (Å²) in [6.07, 6.45) is 4.89. The Hall–Kier alpha value is -0.610. The SMILES string of the molecule is CC(C)N(CC1CC1)C(=O)COC1CCNCC1. The lowest BCUT2D eigenvalue weighted by molar-refractivity contribution is -0.140. The first-order chi connectivity index (χ1) is 8.66. The Morgan fingerprint density at radius 3 is 2.50 bits per heavy atom. The Labute approximate surface area is 110 Å². The highest BCUT2D eigenvalue weighted by Crippen LogP contribution is 2.30. The van der Waals surface area contributed by atoms with Crippen molar-refractivity contribution in [1.29, 1.82) is 0 Å². The normalized spacial score (nSPS) is 21.3. The number of nitrogens with zero attached hydrogens (tertiary/aromatic N) is 1. The van der Waals surface area contributed by atoms with Crippen molar-refractivity contribution in [3.05, 3.63) is 0 Å². The first kappa shape index (κ1) is 13.8. The van der Waals surface area contributed by atoms with E-state index in [0.29, 0.717) is 0 Å². The summed E-state index contributed by atoms with van der Waals surface area (Å²) in [7, 11) is 0. The minimum absolute atomic E-state index is 0.162. The van der Waals surface area contributed by atoms with Crippen molar-refractivity contribution in [2.75, 3.05) is 26.2 Å². The lowest BCUT2D eigenvalue weighted by Gasteiger charge is -2.28. The summed E-state index contributed by atoms with van der Waals surface area (Å²) < 4.78 is 5.75. The molecule has 1 N–H and O–H groups in total. The third-order valence-electron chi connectivity index (χ3n) is 3.82. The zero-order valence-electron chi connectivity index (χ0n) is 11.7. The average Bonchev–Trinajstić information content (AvgIpc) is 3.18. The molecule has 0 unspecified atom stereocenters. The zero-order valence-corrected chi connectivity index (χ0v) is 11.7. The Kier molecular flexibility index (Phi) is 5.01. The molecule has 2 rings (SSSR count). The molecule has 0 bridgehead atoms. The van der Waals surface area contributed by atoms with Gasteiger partial charge in [-0.2, -0.15) is 0 Å². The molecular weight excluding hydrogens is 228 g/mol. The average molecular weight is 254 g/mol. The van der Waals surface area contributed by atoms with Crippen LogP contribution in [0.5, 0.6) is 0 Å². The minimum Gasteiger partial charge on any atom is -0.368 e. The number of hydrogen-bond acceptors (Lipinski definition) is 3. The highest BCUT2D eigenvalue weighted by atomic mass is 16.5. The molecule has 0 radical (unpaired) electrons. The minimum atomic E-state index is 0.162. The van der Waals surface area contributed by atoms with Crippen molar-refractivity contribution < 1.29 is 9.53 Å². The van der Waals surface area contributed by atoms with Gasteiger partial charge in [0.15, 0.2) is 0 Å². The van der Waals surface area contributed by atoms with Gasteiger partial charge in [-0.05, 0) is 58.5 Å². The number of carbonyl (C=O) groups excluding carboxylic acids is 1. The van der Waals surface area contributed by atoms with E-state index in [9.17, 15) is 4.79 Å². The van der Waals surface area contributed by atoms with Gasteiger partial charge in [-0.25, -0.2) is 0 Å². The van der Waals surface area contributed by atoms with Crippen LogP contribution >= 0.6 is 0 Å². The van der Waals surface area contributed by atoms with Crippen LogP contribution in [0.2, 0.25) is 0 Å². The van der Waals surface area contributed by atoms with E-state index in [4.69, 9.17) is 4.74 Å². The quantitative estimate of drug-likeness (QED) is 0.779. The van der Waals surface area contributed by atoms with Crippen LogP contribution in [0.4, 0.5) is 0 Å². The van der Waals surface area contributed by atoms with E-state index in [2.05, 4.69) is 19.2 Å². The van der Waals surface area contributed by atoms with Crippen molar-refractivity contribution in [3.8, 4) is 0 Å². The second kappa shape index (κ2) is 6.53. The summed E-state index contributed by atoms with van der Waals surface area (Å²) in [6.45, 7) is 7.38. The van der Waals surface area contributed by atoms with Crippen molar-refractivity contribution >= 4 is 5.91 Å². The number of nitrogens with one attached hydrogen (secondary N) is 1. The summed E-state index contributed by atoms with van der Waals surface area (Å²) in [5.74, 6) is 0.908. The number of ether oxygens (including phenoxy) is 1. The van der Waals surface area contributed by atoms with Crippen LogP contribution in [0.15, 0.2) is 0 Å². The van der Waals surface area contributed by atoms with Crippen LogP contribution in [0.25, 0.3) is 0 Å². The Morgan fingerprint density at radius 2 is 1.94 bits per heavy atom. The second-order valence-electron chi connectivity index (χ2n) is 5.84. The van der Waals surface area contributed by atoms with Gasteiger partial charge in [-0.1, -0.05) is 0 Å². The van der Waals surface area contributed by atoms with Gasteiger partial charge in [0.2, 0.25) is 5.91 Å². The van der Waals surface area contributed by atoms with E-state index in [1.807, 2.05) is 4.90 Å². The molecule has 2 aliphatic rings. The molecule has 4 heteroatoms. The molecule has 1 saturated carbocycles. The van der Waals surface area contributed by atoms with Crippen LogP contribution < -0.4 is 5.32 Å². The van der Waals surface area contributed by atoms with E-state index in [-0.39, 0.29) is 24.7 Å². The van der Waals surface area contributed by atoms with Crippen LogP contribution in [0.1, 0.15) is 39.5 Å². The smallest absolute Gasteiger partial charge is 0.248 e. The number of hydrogen-bond donors (Lipinski definition) is 1. The van der Waals surface area contributed by atoms with Crippen molar-refractivity contribution in [2.45, 2.75) is 51.7 Å². The topological polar surface area (TPSA) is 41.6 Å². The molecule has 0 atom stereocenters. The first-order valence-corrected chi connectivity index (χ1v) is 7.28. The molecule has 104 valence electrons. The maximum Gasteiger partial charge on any atom is 0.248 e. The summed E-state index contributed by atoms with van der Waals surface area (Å²) in [4.78, 5) is 14.2. The zero-order chi connectivity index (χ0) is 13.0. The van der Waals surface area contributed by atoms with Gasteiger partial charge in [0, 0.05) is 12.6 Å². The molecule has 4 nitrogen and oxygen atoms in total. The molecule has 0 aromatic heterocycles. The molecule has 1 heterocycles. The fraction of sp³-hybridized carbons (Fsp3) is 0.929. The Bertz CT molecular complexity index is 271. The molecule has 1 amide bonds. The van der Waals surface area contributed by atoms with Crippen LogP contribution in [0.3, 0.4) is 0 Å². The summed E-state index contributed by atoms with van der Waals surface area (Å²) >= 11 is 0. The second-order valence-corrected chi connectivity index (χ2v) is 5.84. The molecule has 18 heavy (non-hydrogen) atoms. The number of rotatable bonds is 6. The van der Waals surface area contributed by atoms with Crippen LogP contribution in [0, 0.1) is 5.92 Å². The molecule has 1 aliphatic heterocycles. The van der Waals surface area contributed by atoms with Crippen molar-refractivity contribution in [3.63, 3.8) is 0 Å². The van der Waals surface area contributed by atoms with Crippen LogP contribution in [-0.4, -0.2) is 49.2 Å². The predicted molar refractivity (Wildman–Crippen MR) is 71.4 cm³/mol. The molecule has 0 aromatic rings. The Morgan fingerprint density at radius 1 is 1.28 bits per heavy atom. The van der Waals surface area contributed by atoms with Gasteiger partial charge in [-0.3, -0.25) is 4.79 Å². The largest absolute Gasteiger partial charge is 0.368 e. The van der Waals surface area contributed by atoms with Crippen molar-refractivity contribution in [2.24, 2.45) is 5.92 Å². The van der Waals surface area contributed by atoms with Gasteiger partial charge in [0.05, 0.1) is 6.10 Å². The maximum absolute atomic E-state index is 12.2. The molecule has 0 aromatic carbocycles. The molecule has 1 aliphatic carbocycles. The fourth-order valence-electron chi connectivity index (χ4n) is 2.41. The lowest BCUT2D eigenvalue weighted by Crippen LogP contribution is -2.42. The predicted octanol–water partition coefficient (Wildman–Crippen LogP) is 1.40. The van der Waals surface area contributed by atoms with E-state index >= 15 is 0 Å². The Balaban J connectivity index is 1.73. The first-order valence-electron chi connectivity index (χ1n) is 7.28. The van der Waals surface area contributed by atoms with E-state index in [1.54, 1.807) is 0 Å². The van der Waals surface area contributed by atoms with Crippen LogP contribution in [-0.2, 0) is 9.53 Å². The van der Waals surface area contributed by atoms with Gasteiger partial charge in [-0.15, -0.1) is 0 Å². The highest BCUT2D eigenvalue weighted by molar-refractivity contribution is 5.77. The summed E-state index contributed by atoms with van der Waals surface area (Å²) in [6, 6.07) is 0.287. The van der Waals surface area contributed by atoms with E-state index in [1.165, 1.54) is 12.8 Å². The summed E-state index contributed by atoms with van der Waals surface area (Å²) in [5.41, 5.74) is 0. The van der Waals surface area contributed by atoms with Crippen molar-refractivity contribution in [1.82, 2.24) is 10.2 Å². The fourth-order valence-corrected chi connectivity index (χ4v) is 2.41. The lowest BCUT2D eigenvalue weighted by atomic mass is 10.1. The highest BCUT2D eigenvalue weighted by Gasteiger charge is 2.28. The monoisotopic (exact) mass is 254 g/mol. The third-order valence-corrected chi connectivity index (χ3v) is 3.82. The number of amides is 1. The van der Waals surface area contributed by atoms with Gasteiger partial charge < -0.3 is 15.0 Å². The van der Waals surface area contributed by atoms with Gasteiger partial charge >= 0.3 is 0 Å². The molecular formula is C14H26N2O2. The van der Waals surface area contributed by atoms with Gasteiger partial charge in [0.1, 0.15) is 6.61 Å². The van der Waals surface area contributed by atoms with E-state index < -0.39 is 0 Å². The third kappa shape index (κ3) is 4.25. The molecule has 1 saturated heterocycles. The molecule has 0 spiro atoms. The molecule has 2 fully saturated rings.